The summed E-state index contributed by atoms with van der Waals surface area (Å²) in [4.78, 5) is 31.0. The van der Waals surface area contributed by atoms with Gasteiger partial charge in [0.15, 0.2) is 4.77 Å². The van der Waals surface area contributed by atoms with Crippen LogP contribution in [0.15, 0.2) is 10.9 Å². The fourth-order valence-corrected chi connectivity index (χ4v) is 2.97. The third kappa shape index (κ3) is 2.35. The number of pyridine rings is 1. The van der Waals surface area contributed by atoms with Crippen LogP contribution in [0.3, 0.4) is 0 Å². The summed E-state index contributed by atoms with van der Waals surface area (Å²) in [6, 6.07) is 1.55. The summed E-state index contributed by atoms with van der Waals surface area (Å²) in [6.07, 6.45) is 2.81. The van der Waals surface area contributed by atoms with Crippen LogP contribution in [-0.4, -0.2) is 25.6 Å². The first-order valence-corrected chi connectivity index (χ1v) is 7.77. The molecule has 1 saturated carbocycles. The number of aromatic carboxylic acids is 1. The molecule has 3 rings (SSSR count). The van der Waals surface area contributed by atoms with Gasteiger partial charge in [0, 0.05) is 17.7 Å². The lowest BCUT2D eigenvalue weighted by Gasteiger charge is -2.17. The molecule has 1 fully saturated rings. The molecule has 0 radical (unpaired) electrons. The van der Waals surface area contributed by atoms with E-state index in [1.807, 2.05) is 13.8 Å². The maximum absolute atomic E-state index is 12.2. The summed E-state index contributed by atoms with van der Waals surface area (Å²) >= 11 is 5.26. The first-order chi connectivity index (χ1) is 10.4. The molecule has 2 aromatic rings. The Balaban J connectivity index is 2.47. The van der Waals surface area contributed by atoms with Crippen molar-refractivity contribution in [3.05, 3.63) is 32.4 Å². The van der Waals surface area contributed by atoms with Gasteiger partial charge in [-0.25, -0.2) is 9.78 Å². The van der Waals surface area contributed by atoms with Crippen LogP contribution in [0.25, 0.3) is 11.0 Å². The molecule has 7 heteroatoms. The smallest absolute Gasteiger partial charge is 0.336 e. The van der Waals surface area contributed by atoms with Crippen molar-refractivity contribution in [3.8, 4) is 0 Å². The minimum Gasteiger partial charge on any atom is -0.478 e. The van der Waals surface area contributed by atoms with Crippen LogP contribution >= 0.6 is 12.2 Å². The van der Waals surface area contributed by atoms with E-state index in [0.29, 0.717) is 11.6 Å². The van der Waals surface area contributed by atoms with Crippen molar-refractivity contribution < 1.29 is 9.90 Å². The van der Waals surface area contributed by atoms with Crippen LogP contribution in [0.2, 0.25) is 0 Å². The van der Waals surface area contributed by atoms with Crippen LogP contribution in [0, 0.1) is 4.77 Å². The maximum Gasteiger partial charge on any atom is 0.336 e. The normalized spacial score (nSPS) is 15.9. The van der Waals surface area contributed by atoms with Gasteiger partial charge in [-0.05, 0) is 44.5 Å². The molecule has 22 heavy (non-hydrogen) atoms. The fraction of sp³-hybridized carbons (Fsp3) is 0.467. The third-order valence-corrected chi connectivity index (χ3v) is 4.47. The zero-order chi connectivity index (χ0) is 16.0. The molecular formula is C15H17N3O3S. The van der Waals surface area contributed by atoms with E-state index in [0.717, 1.165) is 25.0 Å². The second-order valence-electron chi connectivity index (χ2n) is 5.76. The van der Waals surface area contributed by atoms with E-state index >= 15 is 0 Å². The topological polar surface area (TPSA) is 88.0 Å². The van der Waals surface area contributed by atoms with Crippen molar-refractivity contribution in [2.45, 2.75) is 45.1 Å². The van der Waals surface area contributed by atoms with Gasteiger partial charge in [-0.3, -0.25) is 14.3 Å². The van der Waals surface area contributed by atoms with Gasteiger partial charge < -0.3 is 5.11 Å². The van der Waals surface area contributed by atoms with E-state index in [4.69, 9.17) is 12.2 Å². The lowest BCUT2D eigenvalue weighted by molar-refractivity contribution is 0.0698. The van der Waals surface area contributed by atoms with Gasteiger partial charge in [-0.2, -0.15) is 0 Å². The molecular weight excluding hydrogens is 302 g/mol. The minimum atomic E-state index is -1.12. The Labute approximate surface area is 131 Å². The Morgan fingerprint density at radius 3 is 2.82 bits per heavy atom. The van der Waals surface area contributed by atoms with E-state index in [2.05, 4.69) is 9.97 Å². The van der Waals surface area contributed by atoms with Crippen LogP contribution in [-0.2, 0) is 0 Å². The van der Waals surface area contributed by atoms with Gasteiger partial charge in [0.05, 0.1) is 10.9 Å². The first kappa shape index (κ1) is 14.9. The molecule has 0 bridgehead atoms. The highest BCUT2D eigenvalue weighted by Gasteiger charge is 2.28. The molecule has 0 amide bonds. The lowest BCUT2D eigenvalue weighted by Crippen LogP contribution is -2.21. The van der Waals surface area contributed by atoms with Crippen LogP contribution in [0.1, 0.15) is 61.1 Å². The number of H-pyrrole nitrogens is 1. The van der Waals surface area contributed by atoms with Crippen molar-refractivity contribution in [1.82, 2.24) is 14.5 Å². The van der Waals surface area contributed by atoms with Gasteiger partial charge >= 0.3 is 5.97 Å². The predicted octanol–water partition coefficient (Wildman–Crippen LogP) is 3.00. The summed E-state index contributed by atoms with van der Waals surface area (Å²) in [7, 11) is 0. The average Bonchev–Trinajstić information content (AvgIpc) is 3.30. The molecule has 116 valence electrons. The quantitative estimate of drug-likeness (QED) is 0.846. The molecule has 0 spiro atoms. The number of nitrogens with one attached hydrogen (secondary N) is 1. The predicted molar refractivity (Wildman–Crippen MR) is 85.1 cm³/mol. The third-order valence-electron chi connectivity index (χ3n) is 4.17. The zero-order valence-corrected chi connectivity index (χ0v) is 13.2. The van der Waals surface area contributed by atoms with E-state index < -0.39 is 11.5 Å². The molecule has 0 saturated heterocycles. The Kier molecular flexibility index (Phi) is 3.60. The van der Waals surface area contributed by atoms with Crippen LogP contribution in [0.4, 0.5) is 0 Å². The minimum absolute atomic E-state index is 0.000188. The number of carbonyl (C=O) groups is 1. The number of hydrogen-bond acceptors (Lipinski definition) is 4. The Morgan fingerprint density at radius 1 is 1.59 bits per heavy atom. The van der Waals surface area contributed by atoms with E-state index in [1.165, 1.54) is 6.07 Å². The molecule has 0 unspecified atom stereocenters. The number of aromatic nitrogens is 3. The monoisotopic (exact) mass is 319 g/mol. The number of aromatic amines is 1. The van der Waals surface area contributed by atoms with E-state index in [9.17, 15) is 14.7 Å². The van der Waals surface area contributed by atoms with Crippen LogP contribution < -0.4 is 5.56 Å². The molecule has 0 aromatic carbocycles. The lowest BCUT2D eigenvalue weighted by atomic mass is 10.1. The Bertz CT molecular complexity index is 880. The molecule has 1 aliphatic carbocycles. The molecule has 2 aromatic heterocycles. The average molecular weight is 319 g/mol. The number of hydrogen-bond donors (Lipinski definition) is 2. The van der Waals surface area contributed by atoms with Gasteiger partial charge in [0.25, 0.3) is 5.56 Å². The second-order valence-corrected chi connectivity index (χ2v) is 6.15. The number of carboxylic acids is 1. The Morgan fingerprint density at radius 2 is 2.27 bits per heavy atom. The van der Waals surface area contributed by atoms with Crippen molar-refractivity contribution in [2.24, 2.45) is 0 Å². The molecule has 0 aliphatic heterocycles. The highest BCUT2D eigenvalue weighted by molar-refractivity contribution is 7.71. The van der Waals surface area contributed by atoms with Crippen molar-refractivity contribution in [1.29, 1.82) is 0 Å². The van der Waals surface area contributed by atoms with Crippen molar-refractivity contribution in [3.63, 3.8) is 0 Å². The summed E-state index contributed by atoms with van der Waals surface area (Å²) in [5, 5.41) is 9.58. The highest BCUT2D eigenvalue weighted by atomic mass is 32.1. The summed E-state index contributed by atoms with van der Waals surface area (Å²) in [6.45, 7) is 3.98. The largest absolute Gasteiger partial charge is 0.478 e. The summed E-state index contributed by atoms with van der Waals surface area (Å²) < 4.78 is 2.04. The highest BCUT2D eigenvalue weighted by Crippen LogP contribution is 2.40. The molecule has 6 nitrogen and oxygen atoms in total. The standard InChI is InChI=1S/C15H17N3O3S/c1-3-7(2)18-12-11(13(19)17-15(18)22)9(14(20)21)6-10(16-12)8-4-5-8/h6-8H,3-5H2,1-2H3,(H,20,21)(H,17,19,22)/t7-/m0/s1. The van der Waals surface area contributed by atoms with E-state index in [1.54, 1.807) is 4.57 Å². The SMILES string of the molecule is CC[C@H](C)n1c(=S)[nH]c(=O)c2c(C(=O)O)cc(C3CC3)nc21. The maximum atomic E-state index is 12.2. The number of nitrogens with zero attached hydrogens (tertiary/aromatic N) is 2. The van der Waals surface area contributed by atoms with Crippen LogP contribution in [0.5, 0.6) is 0 Å². The van der Waals surface area contributed by atoms with Gasteiger partial charge in [0.1, 0.15) is 5.65 Å². The number of fused-ring (bicyclic) bond motifs is 1. The van der Waals surface area contributed by atoms with Crippen molar-refractivity contribution >= 4 is 29.2 Å². The zero-order valence-electron chi connectivity index (χ0n) is 12.4. The van der Waals surface area contributed by atoms with Gasteiger partial charge in [-0.15, -0.1) is 0 Å². The second kappa shape index (κ2) is 5.31. The molecule has 2 N–H and O–H groups in total. The number of rotatable bonds is 4. The number of carboxylic acid groups (broad SMARTS) is 1. The van der Waals surface area contributed by atoms with Crippen molar-refractivity contribution in [2.75, 3.05) is 0 Å². The van der Waals surface area contributed by atoms with Gasteiger partial charge in [-0.1, -0.05) is 6.92 Å². The molecule has 1 atom stereocenters. The summed E-state index contributed by atoms with van der Waals surface area (Å²) in [5.74, 6) is -0.826. The fourth-order valence-electron chi connectivity index (χ4n) is 2.61. The van der Waals surface area contributed by atoms with Gasteiger partial charge in [0.2, 0.25) is 0 Å². The summed E-state index contributed by atoms with van der Waals surface area (Å²) in [5.41, 5.74) is 0.624. The first-order valence-electron chi connectivity index (χ1n) is 7.36. The molecule has 2 heterocycles. The molecule has 1 aliphatic rings. The van der Waals surface area contributed by atoms with E-state index in [-0.39, 0.29) is 21.8 Å². The Hall–Kier alpha value is -2.02.